The van der Waals surface area contributed by atoms with E-state index in [0.717, 1.165) is 42.0 Å². The predicted molar refractivity (Wildman–Crippen MR) is 73.8 cm³/mol. The van der Waals surface area contributed by atoms with Crippen LogP contribution in [-0.2, 0) is 11.2 Å². The van der Waals surface area contributed by atoms with E-state index in [9.17, 15) is 4.79 Å². The standard InChI is InChI=1S/C13H17BrN2O2/c1-18-11-2-3-12(14)10(8-11)9-13(17)16-6-4-15-5-7-16/h2-3,8,15H,4-7,9H2,1H3. The number of nitrogens with one attached hydrogen (secondary N) is 1. The Kier molecular flexibility index (Phi) is 4.60. The zero-order chi connectivity index (χ0) is 13.0. The number of nitrogens with zero attached hydrogens (tertiary/aromatic N) is 1. The van der Waals surface area contributed by atoms with Gasteiger partial charge in [0.2, 0.25) is 5.91 Å². The number of ether oxygens (including phenoxy) is 1. The first-order valence-corrected chi connectivity index (χ1v) is 6.81. The molecule has 1 aromatic rings. The molecule has 0 unspecified atom stereocenters. The van der Waals surface area contributed by atoms with Gasteiger partial charge in [-0.05, 0) is 23.8 Å². The highest BCUT2D eigenvalue weighted by Crippen LogP contribution is 2.23. The molecule has 1 fully saturated rings. The van der Waals surface area contributed by atoms with Crippen LogP contribution in [0.2, 0.25) is 0 Å². The second kappa shape index (κ2) is 6.20. The minimum Gasteiger partial charge on any atom is -0.497 e. The average molecular weight is 313 g/mol. The van der Waals surface area contributed by atoms with E-state index in [1.165, 1.54) is 0 Å². The lowest BCUT2D eigenvalue weighted by Gasteiger charge is -2.27. The van der Waals surface area contributed by atoms with Gasteiger partial charge in [0.15, 0.2) is 0 Å². The van der Waals surface area contributed by atoms with Crippen molar-refractivity contribution in [1.29, 1.82) is 0 Å². The van der Waals surface area contributed by atoms with Gasteiger partial charge in [0, 0.05) is 30.7 Å². The maximum absolute atomic E-state index is 12.2. The molecule has 0 radical (unpaired) electrons. The molecule has 5 heteroatoms. The zero-order valence-corrected chi connectivity index (χ0v) is 12.0. The Balaban J connectivity index is 2.05. The molecule has 1 N–H and O–H groups in total. The lowest BCUT2D eigenvalue weighted by atomic mass is 10.1. The number of benzene rings is 1. The molecule has 0 atom stereocenters. The van der Waals surface area contributed by atoms with Gasteiger partial charge in [0.25, 0.3) is 0 Å². The molecule has 1 amide bonds. The Morgan fingerprint density at radius 3 is 2.83 bits per heavy atom. The second-order valence-electron chi connectivity index (χ2n) is 4.26. The smallest absolute Gasteiger partial charge is 0.227 e. The normalized spacial score (nSPS) is 15.6. The summed E-state index contributed by atoms with van der Waals surface area (Å²) in [6, 6.07) is 5.70. The van der Waals surface area contributed by atoms with Gasteiger partial charge in [-0.1, -0.05) is 15.9 Å². The van der Waals surface area contributed by atoms with Crippen LogP contribution >= 0.6 is 15.9 Å². The van der Waals surface area contributed by atoms with Crippen LogP contribution in [0.15, 0.2) is 22.7 Å². The number of halogens is 1. The molecule has 0 saturated carbocycles. The molecule has 0 spiro atoms. The van der Waals surface area contributed by atoms with Crippen LogP contribution in [0.1, 0.15) is 5.56 Å². The summed E-state index contributed by atoms with van der Waals surface area (Å²) >= 11 is 3.47. The molecule has 2 rings (SSSR count). The molecular formula is C13H17BrN2O2. The van der Waals surface area contributed by atoms with Gasteiger partial charge >= 0.3 is 0 Å². The van der Waals surface area contributed by atoms with Crippen LogP contribution in [0.3, 0.4) is 0 Å². The fraction of sp³-hybridized carbons (Fsp3) is 0.462. The Labute approximate surface area is 115 Å². The summed E-state index contributed by atoms with van der Waals surface area (Å²) in [4.78, 5) is 14.1. The molecular weight excluding hydrogens is 296 g/mol. The van der Waals surface area contributed by atoms with Crippen molar-refractivity contribution in [2.24, 2.45) is 0 Å². The molecule has 0 aromatic heterocycles. The van der Waals surface area contributed by atoms with Gasteiger partial charge in [-0.25, -0.2) is 0 Å². The Bertz CT molecular complexity index is 431. The molecule has 0 bridgehead atoms. The Morgan fingerprint density at radius 2 is 2.17 bits per heavy atom. The number of piperazine rings is 1. The van der Waals surface area contributed by atoms with E-state index < -0.39 is 0 Å². The zero-order valence-electron chi connectivity index (χ0n) is 10.4. The Morgan fingerprint density at radius 1 is 1.44 bits per heavy atom. The summed E-state index contributed by atoms with van der Waals surface area (Å²) in [5, 5.41) is 3.24. The van der Waals surface area contributed by atoms with Crippen LogP contribution in [0.5, 0.6) is 5.75 Å². The minimum atomic E-state index is 0.172. The van der Waals surface area contributed by atoms with Crippen molar-refractivity contribution in [1.82, 2.24) is 10.2 Å². The third kappa shape index (κ3) is 3.23. The largest absolute Gasteiger partial charge is 0.497 e. The SMILES string of the molecule is COc1ccc(Br)c(CC(=O)N2CCNCC2)c1. The monoisotopic (exact) mass is 312 g/mol. The molecule has 18 heavy (non-hydrogen) atoms. The van der Waals surface area contributed by atoms with Crippen molar-refractivity contribution in [2.75, 3.05) is 33.3 Å². The lowest BCUT2D eigenvalue weighted by molar-refractivity contribution is -0.131. The Hall–Kier alpha value is -1.07. The summed E-state index contributed by atoms with van der Waals surface area (Å²) in [6.07, 6.45) is 0.414. The van der Waals surface area contributed by atoms with E-state index in [2.05, 4.69) is 21.2 Å². The number of rotatable bonds is 3. The van der Waals surface area contributed by atoms with Gasteiger partial charge < -0.3 is 15.0 Å². The van der Waals surface area contributed by atoms with E-state index in [1.807, 2.05) is 23.1 Å². The summed E-state index contributed by atoms with van der Waals surface area (Å²) in [7, 11) is 1.63. The molecule has 4 nitrogen and oxygen atoms in total. The highest BCUT2D eigenvalue weighted by atomic mass is 79.9. The number of hydrogen-bond donors (Lipinski definition) is 1. The minimum absolute atomic E-state index is 0.172. The first-order valence-electron chi connectivity index (χ1n) is 6.01. The molecule has 1 aromatic carbocycles. The maximum Gasteiger partial charge on any atom is 0.227 e. The summed E-state index contributed by atoms with van der Waals surface area (Å²) in [5.74, 6) is 0.951. The van der Waals surface area contributed by atoms with Crippen molar-refractivity contribution in [2.45, 2.75) is 6.42 Å². The highest BCUT2D eigenvalue weighted by molar-refractivity contribution is 9.10. The second-order valence-corrected chi connectivity index (χ2v) is 5.12. The van der Waals surface area contributed by atoms with E-state index in [0.29, 0.717) is 6.42 Å². The first-order chi connectivity index (χ1) is 8.70. The van der Waals surface area contributed by atoms with Crippen LogP contribution < -0.4 is 10.1 Å². The van der Waals surface area contributed by atoms with Gasteiger partial charge in [-0.2, -0.15) is 0 Å². The summed E-state index contributed by atoms with van der Waals surface area (Å²) in [6.45, 7) is 3.34. The van der Waals surface area contributed by atoms with Crippen LogP contribution in [-0.4, -0.2) is 44.1 Å². The molecule has 1 heterocycles. The third-order valence-corrected chi connectivity index (χ3v) is 3.84. The van der Waals surface area contributed by atoms with E-state index in [-0.39, 0.29) is 5.91 Å². The molecule has 0 aliphatic carbocycles. The number of carbonyl (C=O) groups is 1. The number of carbonyl (C=O) groups excluding carboxylic acids is 1. The predicted octanol–water partition coefficient (Wildman–Crippen LogP) is 1.43. The number of methoxy groups -OCH3 is 1. The van der Waals surface area contributed by atoms with Crippen molar-refractivity contribution in [3.05, 3.63) is 28.2 Å². The van der Waals surface area contributed by atoms with Crippen molar-refractivity contribution >= 4 is 21.8 Å². The lowest BCUT2D eigenvalue weighted by Crippen LogP contribution is -2.46. The van der Waals surface area contributed by atoms with E-state index >= 15 is 0 Å². The fourth-order valence-corrected chi connectivity index (χ4v) is 2.39. The topological polar surface area (TPSA) is 41.6 Å². The van der Waals surface area contributed by atoms with Crippen molar-refractivity contribution in [3.8, 4) is 5.75 Å². The number of hydrogen-bond acceptors (Lipinski definition) is 3. The van der Waals surface area contributed by atoms with Gasteiger partial charge in [0.1, 0.15) is 5.75 Å². The van der Waals surface area contributed by atoms with Gasteiger partial charge in [0.05, 0.1) is 13.5 Å². The molecule has 1 saturated heterocycles. The van der Waals surface area contributed by atoms with E-state index in [4.69, 9.17) is 4.74 Å². The van der Waals surface area contributed by atoms with Crippen LogP contribution in [0.4, 0.5) is 0 Å². The average Bonchev–Trinajstić information content (AvgIpc) is 2.42. The molecule has 1 aliphatic rings. The highest BCUT2D eigenvalue weighted by Gasteiger charge is 2.17. The fourth-order valence-electron chi connectivity index (χ4n) is 2.00. The van der Waals surface area contributed by atoms with Crippen molar-refractivity contribution in [3.63, 3.8) is 0 Å². The molecule has 98 valence electrons. The molecule has 1 aliphatic heterocycles. The van der Waals surface area contributed by atoms with Crippen LogP contribution in [0, 0.1) is 0 Å². The van der Waals surface area contributed by atoms with Crippen LogP contribution in [0.25, 0.3) is 0 Å². The van der Waals surface area contributed by atoms with Gasteiger partial charge in [-0.3, -0.25) is 4.79 Å². The van der Waals surface area contributed by atoms with Gasteiger partial charge in [-0.15, -0.1) is 0 Å². The van der Waals surface area contributed by atoms with Crippen molar-refractivity contribution < 1.29 is 9.53 Å². The summed E-state index contributed by atoms with van der Waals surface area (Å²) in [5.41, 5.74) is 0.970. The number of amides is 1. The third-order valence-electron chi connectivity index (χ3n) is 3.06. The maximum atomic E-state index is 12.2. The van der Waals surface area contributed by atoms with E-state index in [1.54, 1.807) is 7.11 Å². The first kappa shape index (κ1) is 13.4. The quantitative estimate of drug-likeness (QED) is 0.918. The summed E-state index contributed by atoms with van der Waals surface area (Å²) < 4.78 is 6.13.